The molecule has 0 aliphatic rings. The van der Waals surface area contributed by atoms with E-state index in [0.717, 1.165) is 5.56 Å². The van der Waals surface area contributed by atoms with Crippen LogP contribution in [0.3, 0.4) is 0 Å². The van der Waals surface area contributed by atoms with Gasteiger partial charge in [-0.3, -0.25) is 9.20 Å². The van der Waals surface area contributed by atoms with Crippen LogP contribution in [-0.4, -0.2) is 38.7 Å². The largest absolute Gasteiger partial charge is 0.482 e. The third kappa shape index (κ3) is 4.17. The highest BCUT2D eigenvalue weighted by Crippen LogP contribution is 2.15. The molecule has 0 saturated carbocycles. The Morgan fingerprint density at radius 2 is 1.96 bits per heavy atom. The maximum absolute atomic E-state index is 12.6. The average molecular weight is 380 g/mol. The lowest BCUT2D eigenvalue weighted by molar-refractivity contribution is -0.139. The van der Waals surface area contributed by atoms with Gasteiger partial charge < -0.3 is 9.84 Å². The number of rotatable bonds is 7. The third-order valence-electron chi connectivity index (χ3n) is 4.10. The van der Waals surface area contributed by atoms with Crippen molar-refractivity contribution in [2.45, 2.75) is 20.3 Å². The fraction of sp³-hybridized carbons (Fsp3) is 0.200. The Bertz CT molecular complexity index is 1040. The topological polar surface area (TPSA) is 105 Å². The highest BCUT2D eigenvalue weighted by Gasteiger charge is 2.16. The molecule has 0 bridgehead atoms. The van der Waals surface area contributed by atoms with Gasteiger partial charge in [0.2, 0.25) is 0 Å². The van der Waals surface area contributed by atoms with Gasteiger partial charge in [-0.05, 0) is 55.3 Å². The smallest absolute Gasteiger partial charge is 0.341 e. The Morgan fingerprint density at radius 1 is 1.21 bits per heavy atom. The number of nitrogens with one attached hydrogen (secondary N) is 1. The van der Waals surface area contributed by atoms with Gasteiger partial charge in [0, 0.05) is 6.20 Å². The summed E-state index contributed by atoms with van der Waals surface area (Å²) in [5, 5.41) is 12.9. The second-order valence-corrected chi connectivity index (χ2v) is 6.03. The minimum absolute atomic E-state index is 0.344. The van der Waals surface area contributed by atoms with E-state index < -0.39 is 12.6 Å². The number of carbonyl (C=O) groups is 2. The van der Waals surface area contributed by atoms with Crippen LogP contribution in [0.15, 0.2) is 53.8 Å². The fourth-order valence-corrected chi connectivity index (χ4v) is 2.79. The molecule has 0 spiro atoms. The number of aromatic nitrogens is 2. The van der Waals surface area contributed by atoms with Gasteiger partial charge in [0.05, 0.1) is 11.4 Å². The molecule has 28 heavy (non-hydrogen) atoms. The Labute approximate surface area is 161 Å². The maximum Gasteiger partial charge on any atom is 0.341 e. The van der Waals surface area contributed by atoms with E-state index in [1.165, 1.54) is 0 Å². The summed E-state index contributed by atoms with van der Waals surface area (Å²) in [4.78, 5) is 27.6. The van der Waals surface area contributed by atoms with E-state index in [1.807, 2.05) is 25.1 Å². The molecule has 8 nitrogen and oxygen atoms in total. The number of benzene rings is 1. The molecule has 1 aromatic carbocycles. The number of amides is 1. The van der Waals surface area contributed by atoms with Crippen LogP contribution in [0.1, 0.15) is 35.1 Å². The molecule has 2 heterocycles. The van der Waals surface area contributed by atoms with Gasteiger partial charge in [0.1, 0.15) is 17.1 Å². The van der Waals surface area contributed by atoms with Crippen molar-refractivity contribution in [2.24, 2.45) is 5.10 Å². The molecule has 0 radical (unpaired) electrons. The van der Waals surface area contributed by atoms with Crippen molar-refractivity contribution >= 4 is 23.2 Å². The lowest BCUT2D eigenvalue weighted by atomic mass is 10.1. The zero-order chi connectivity index (χ0) is 20.1. The van der Waals surface area contributed by atoms with Gasteiger partial charge >= 0.3 is 5.97 Å². The lowest BCUT2D eigenvalue weighted by Crippen LogP contribution is -2.22. The Hall–Kier alpha value is -3.68. The number of aryl methyl sites for hydroxylation is 1. The number of pyridine rings is 1. The van der Waals surface area contributed by atoms with Crippen LogP contribution in [0.5, 0.6) is 5.75 Å². The van der Waals surface area contributed by atoms with Gasteiger partial charge in [0.15, 0.2) is 6.61 Å². The van der Waals surface area contributed by atoms with Gasteiger partial charge in [-0.25, -0.2) is 15.2 Å². The van der Waals surface area contributed by atoms with Crippen LogP contribution in [0.4, 0.5) is 0 Å². The number of hydrazone groups is 1. The highest BCUT2D eigenvalue weighted by molar-refractivity contribution is 6.02. The molecule has 3 rings (SSSR count). The van der Waals surface area contributed by atoms with Gasteiger partial charge in [-0.2, -0.15) is 5.10 Å². The van der Waals surface area contributed by atoms with E-state index >= 15 is 0 Å². The first-order valence-corrected chi connectivity index (χ1v) is 8.75. The molecule has 0 aliphatic heterocycles. The monoisotopic (exact) mass is 380 g/mol. The molecule has 0 unspecified atom stereocenters. The summed E-state index contributed by atoms with van der Waals surface area (Å²) in [6.45, 7) is 3.31. The molecule has 0 saturated heterocycles. The van der Waals surface area contributed by atoms with Crippen molar-refractivity contribution in [2.75, 3.05) is 6.61 Å². The highest BCUT2D eigenvalue weighted by atomic mass is 16.5. The van der Waals surface area contributed by atoms with Crippen LogP contribution < -0.4 is 10.2 Å². The number of hydrogen-bond acceptors (Lipinski definition) is 5. The van der Waals surface area contributed by atoms with E-state index in [0.29, 0.717) is 34.9 Å². The zero-order valence-electron chi connectivity index (χ0n) is 15.5. The summed E-state index contributed by atoms with van der Waals surface area (Å²) in [5.41, 5.74) is 5.85. The fourth-order valence-electron chi connectivity index (χ4n) is 2.79. The van der Waals surface area contributed by atoms with Gasteiger partial charge in [-0.1, -0.05) is 13.0 Å². The van der Waals surface area contributed by atoms with Crippen molar-refractivity contribution in [1.82, 2.24) is 14.8 Å². The quantitative estimate of drug-likeness (QED) is 0.484. The Balaban J connectivity index is 1.76. The molecule has 3 aromatic rings. The van der Waals surface area contributed by atoms with Crippen molar-refractivity contribution in [3.63, 3.8) is 0 Å². The first kappa shape index (κ1) is 19.1. The molecule has 0 aliphatic carbocycles. The molecule has 8 heteroatoms. The Morgan fingerprint density at radius 3 is 2.64 bits per heavy atom. The van der Waals surface area contributed by atoms with Crippen molar-refractivity contribution < 1.29 is 19.4 Å². The number of imidazole rings is 1. The van der Waals surface area contributed by atoms with E-state index in [-0.39, 0.29) is 5.91 Å². The molecule has 144 valence electrons. The minimum Gasteiger partial charge on any atom is -0.482 e. The number of nitrogens with zero attached hydrogens (tertiary/aromatic N) is 3. The summed E-state index contributed by atoms with van der Waals surface area (Å²) >= 11 is 0. The van der Waals surface area contributed by atoms with Crippen LogP contribution in [0, 0.1) is 6.92 Å². The van der Waals surface area contributed by atoms with E-state index in [1.54, 1.807) is 41.8 Å². The number of carbonyl (C=O) groups excluding carboxylic acids is 1. The minimum atomic E-state index is -1.04. The van der Waals surface area contributed by atoms with E-state index in [9.17, 15) is 9.59 Å². The predicted octanol–water partition coefficient (Wildman–Crippen LogP) is 2.65. The third-order valence-corrected chi connectivity index (χ3v) is 4.10. The molecular formula is C20H20N4O4. The lowest BCUT2D eigenvalue weighted by Gasteiger charge is -2.08. The van der Waals surface area contributed by atoms with Crippen LogP contribution in [-0.2, 0) is 4.79 Å². The summed E-state index contributed by atoms with van der Waals surface area (Å²) in [6, 6.07) is 12.4. The number of carboxylic acid groups (broad SMARTS) is 1. The number of hydrogen-bond donors (Lipinski definition) is 2. The number of aliphatic carboxylic acids is 1. The van der Waals surface area contributed by atoms with Crippen LogP contribution in [0.2, 0.25) is 0 Å². The molecule has 0 fully saturated rings. The van der Waals surface area contributed by atoms with Gasteiger partial charge in [0.25, 0.3) is 5.91 Å². The standard InChI is InChI=1S/C20H20N4O4/c1-3-16(14-7-9-15(10-8-14)28-12-18(25)26)22-23-20(27)19-13(2)21-17-6-4-5-11-24(17)19/h4-11H,3,12H2,1-2H3,(H,23,27)(H,25,26)/b22-16-. The molecular weight excluding hydrogens is 360 g/mol. The van der Waals surface area contributed by atoms with Crippen molar-refractivity contribution in [3.8, 4) is 5.75 Å². The normalized spacial score (nSPS) is 11.4. The summed E-state index contributed by atoms with van der Waals surface area (Å²) in [5.74, 6) is -0.930. The molecule has 1 amide bonds. The summed E-state index contributed by atoms with van der Waals surface area (Å²) < 4.78 is 6.84. The number of ether oxygens (including phenoxy) is 1. The Kier molecular flexibility index (Phi) is 5.69. The zero-order valence-corrected chi connectivity index (χ0v) is 15.5. The van der Waals surface area contributed by atoms with E-state index in [2.05, 4.69) is 15.5 Å². The first-order chi connectivity index (χ1) is 13.5. The SMILES string of the molecule is CC/C(=N/NC(=O)c1c(C)nc2ccccn12)c1ccc(OCC(=O)O)cc1. The first-order valence-electron chi connectivity index (χ1n) is 8.75. The van der Waals surface area contributed by atoms with Gasteiger partial charge in [-0.15, -0.1) is 0 Å². The summed E-state index contributed by atoms with van der Waals surface area (Å²) in [7, 11) is 0. The van der Waals surface area contributed by atoms with Crippen molar-refractivity contribution in [1.29, 1.82) is 0 Å². The number of carboxylic acids is 1. The molecule has 2 N–H and O–H groups in total. The molecule has 0 atom stereocenters. The number of fused-ring (bicyclic) bond motifs is 1. The van der Waals surface area contributed by atoms with Crippen LogP contribution in [0.25, 0.3) is 5.65 Å². The maximum atomic E-state index is 12.6. The molecule has 2 aromatic heterocycles. The van der Waals surface area contributed by atoms with E-state index in [4.69, 9.17) is 9.84 Å². The second kappa shape index (κ2) is 8.34. The predicted molar refractivity (Wildman–Crippen MR) is 104 cm³/mol. The second-order valence-electron chi connectivity index (χ2n) is 6.03. The van der Waals surface area contributed by atoms with Crippen LogP contribution >= 0.6 is 0 Å². The average Bonchev–Trinajstić information content (AvgIpc) is 3.03. The van der Waals surface area contributed by atoms with Crippen molar-refractivity contribution in [3.05, 3.63) is 65.6 Å². The summed E-state index contributed by atoms with van der Waals surface area (Å²) in [6.07, 6.45) is 2.38.